The molecule has 0 spiro atoms. The van der Waals surface area contributed by atoms with Crippen LogP contribution in [0.1, 0.15) is 55.4 Å². The smallest absolute Gasteiger partial charge is 0.00438 e. The molecule has 0 N–H and O–H groups in total. The lowest BCUT2D eigenvalue weighted by atomic mass is 9.95. The summed E-state index contributed by atoms with van der Waals surface area (Å²) >= 11 is 3.95. The van der Waals surface area contributed by atoms with Crippen LogP contribution in [0.15, 0.2) is 19.6 Å². The molecule has 0 saturated carbocycles. The molecule has 1 aliphatic heterocycles. The predicted octanol–water partition coefficient (Wildman–Crippen LogP) is 6.02. The second kappa shape index (κ2) is 4.45. The number of rotatable bonds is 0. The zero-order chi connectivity index (χ0) is 12.7. The highest BCUT2D eigenvalue weighted by atomic mass is 32.2. The van der Waals surface area contributed by atoms with Gasteiger partial charge in [-0.1, -0.05) is 65.1 Å². The Morgan fingerprint density at radius 1 is 0.625 bits per heavy atom. The van der Waals surface area contributed by atoms with Gasteiger partial charge in [0.1, 0.15) is 0 Å². The minimum atomic E-state index is 0.270. The maximum atomic E-state index is 2.30. The van der Waals surface area contributed by atoms with Crippen molar-refractivity contribution >= 4 is 23.5 Å². The highest BCUT2D eigenvalue weighted by molar-refractivity contribution is 8.13. The van der Waals surface area contributed by atoms with E-state index >= 15 is 0 Å². The summed E-state index contributed by atoms with van der Waals surface area (Å²) in [5.74, 6) is 0. The number of allylic oxidation sites excluding steroid dienone is 4. The fraction of sp³-hybridized carbons (Fsp3) is 0.714. The first-order valence-electron chi connectivity index (χ1n) is 5.82. The zero-order valence-electron chi connectivity index (χ0n) is 11.8. The van der Waals surface area contributed by atoms with Gasteiger partial charge in [0.15, 0.2) is 0 Å². The fourth-order valence-electron chi connectivity index (χ4n) is 1.90. The lowest BCUT2D eigenvalue weighted by Gasteiger charge is -2.34. The van der Waals surface area contributed by atoms with Gasteiger partial charge in [-0.3, -0.25) is 0 Å². The molecule has 16 heavy (non-hydrogen) atoms. The van der Waals surface area contributed by atoms with Crippen molar-refractivity contribution in [2.24, 2.45) is 10.8 Å². The highest BCUT2D eigenvalue weighted by Crippen LogP contribution is 2.54. The van der Waals surface area contributed by atoms with Crippen LogP contribution in [0.25, 0.3) is 0 Å². The van der Waals surface area contributed by atoms with Gasteiger partial charge in [0.05, 0.1) is 0 Å². The Balaban J connectivity index is 3.06. The average molecular weight is 256 g/mol. The van der Waals surface area contributed by atoms with Crippen molar-refractivity contribution in [3.05, 3.63) is 19.6 Å². The second-order valence-electron chi connectivity index (χ2n) is 6.47. The molecule has 0 aromatic carbocycles. The summed E-state index contributed by atoms with van der Waals surface area (Å²) in [5, 5.41) is 0. The summed E-state index contributed by atoms with van der Waals surface area (Å²) in [4.78, 5) is 6.02. The normalized spacial score (nSPS) is 19.5. The van der Waals surface area contributed by atoms with Gasteiger partial charge in [-0.2, -0.15) is 0 Å². The highest BCUT2D eigenvalue weighted by Gasteiger charge is 2.30. The molecular formula is C14H24S2. The maximum Gasteiger partial charge on any atom is 0.00438 e. The van der Waals surface area contributed by atoms with Crippen molar-refractivity contribution in [2.75, 3.05) is 0 Å². The number of hydrogen-bond donors (Lipinski definition) is 0. The monoisotopic (exact) mass is 256 g/mol. The van der Waals surface area contributed by atoms with Crippen LogP contribution in [-0.2, 0) is 0 Å². The van der Waals surface area contributed by atoms with Gasteiger partial charge in [-0.25, -0.2) is 0 Å². The Kier molecular flexibility index (Phi) is 3.96. The summed E-state index contributed by atoms with van der Waals surface area (Å²) in [6.45, 7) is 18.3. The third-order valence-electron chi connectivity index (χ3n) is 2.51. The molecule has 0 amide bonds. The molecule has 0 bridgehead atoms. The summed E-state index contributed by atoms with van der Waals surface area (Å²) in [7, 11) is 0. The van der Waals surface area contributed by atoms with E-state index in [0.29, 0.717) is 0 Å². The van der Waals surface area contributed by atoms with Crippen molar-refractivity contribution in [1.29, 1.82) is 0 Å². The van der Waals surface area contributed by atoms with Crippen LogP contribution in [0.5, 0.6) is 0 Å². The Morgan fingerprint density at radius 3 is 1.06 bits per heavy atom. The van der Waals surface area contributed by atoms with E-state index in [1.165, 1.54) is 19.6 Å². The van der Waals surface area contributed by atoms with Gasteiger partial charge in [-0.15, -0.1) is 0 Å². The first-order chi connectivity index (χ1) is 7.03. The van der Waals surface area contributed by atoms with E-state index in [9.17, 15) is 0 Å². The summed E-state index contributed by atoms with van der Waals surface area (Å²) in [6, 6.07) is 0. The molecule has 0 radical (unpaired) electrons. The second-order valence-corrected chi connectivity index (χ2v) is 8.92. The zero-order valence-corrected chi connectivity index (χ0v) is 13.4. The SMILES string of the molecule is CC1=C(C(C)(C)C)SC(C)=C(C(C)(C)C)S1. The molecule has 0 aliphatic carbocycles. The van der Waals surface area contributed by atoms with E-state index < -0.39 is 0 Å². The van der Waals surface area contributed by atoms with Crippen LogP contribution in [0.4, 0.5) is 0 Å². The minimum absolute atomic E-state index is 0.270. The molecular weight excluding hydrogens is 232 g/mol. The summed E-state index contributed by atoms with van der Waals surface area (Å²) < 4.78 is 0. The Hall–Kier alpha value is 0.180. The molecule has 92 valence electrons. The summed E-state index contributed by atoms with van der Waals surface area (Å²) in [5.41, 5.74) is 0.541. The predicted molar refractivity (Wildman–Crippen MR) is 79.5 cm³/mol. The van der Waals surface area contributed by atoms with Crippen LogP contribution in [-0.4, -0.2) is 0 Å². The van der Waals surface area contributed by atoms with E-state index in [1.54, 1.807) is 0 Å². The van der Waals surface area contributed by atoms with Crippen molar-refractivity contribution in [3.63, 3.8) is 0 Å². The van der Waals surface area contributed by atoms with Gasteiger partial charge in [0.25, 0.3) is 0 Å². The van der Waals surface area contributed by atoms with Gasteiger partial charge in [0, 0.05) is 9.81 Å². The standard InChI is InChI=1S/C14H24S2/c1-9-11(13(3,4)5)16-10(2)12(15-9)14(6,7)8/h1-8H3. The van der Waals surface area contributed by atoms with E-state index in [0.717, 1.165) is 0 Å². The van der Waals surface area contributed by atoms with Gasteiger partial charge in [0.2, 0.25) is 0 Å². The molecule has 0 fully saturated rings. The molecule has 1 rings (SSSR count). The van der Waals surface area contributed by atoms with Gasteiger partial charge < -0.3 is 0 Å². The summed E-state index contributed by atoms with van der Waals surface area (Å²) in [6.07, 6.45) is 0. The van der Waals surface area contributed by atoms with Crippen LogP contribution in [0, 0.1) is 10.8 Å². The molecule has 0 aromatic rings. The topological polar surface area (TPSA) is 0 Å². The Morgan fingerprint density at radius 2 is 0.875 bits per heavy atom. The van der Waals surface area contributed by atoms with Crippen molar-refractivity contribution in [3.8, 4) is 0 Å². The third-order valence-corrected chi connectivity index (χ3v) is 6.04. The number of hydrogen-bond acceptors (Lipinski definition) is 2. The fourth-order valence-corrected chi connectivity index (χ4v) is 4.71. The van der Waals surface area contributed by atoms with Gasteiger partial charge in [-0.05, 0) is 34.5 Å². The Bertz CT molecular complexity index is 310. The van der Waals surface area contributed by atoms with Crippen LogP contribution in [0.3, 0.4) is 0 Å². The maximum absolute atomic E-state index is 2.30. The molecule has 0 saturated heterocycles. The average Bonchev–Trinajstić information content (AvgIpc) is 2.04. The van der Waals surface area contributed by atoms with E-state index in [1.807, 2.05) is 23.5 Å². The number of thioether (sulfide) groups is 2. The van der Waals surface area contributed by atoms with Crippen molar-refractivity contribution < 1.29 is 0 Å². The Labute approximate surface area is 109 Å². The van der Waals surface area contributed by atoms with Crippen molar-refractivity contribution in [1.82, 2.24) is 0 Å². The van der Waals surface area contributed by atoms with E-state index in [4.69, 9.17) is 0 Å². The van der Waals surface area contributed by atoms with Crippen LogP contribution >= 0.6 is 23.5 Å². The van der Waals surface area contributed by atoms with Crippen molar-refractivity contribution in [2.45, 2.75) is 55.4 Å². The minimum Gasteiger partial charge on any atom is -0.0971 e. The van der Waals surface area contributed by atoms with E-state index in [-0.39, 0.29) is 10.8 Å². The molecule has 0 atom stereocenters. The molecule has 0 nitrogen and oxygen atoms in total. The van der Waals surface area contributed by atoms with Crippen LogP contribution < -0.4 is 0 Å². The quantitative estimate of drug-likeness (QED) is 0.519. The molecule has 0 aromatic heterocycles. The van der Waals surface area contributed by atoms with Gasteiger partial charge >= 0.3 is 0 Å². The largest absolute Gasteiger partial charge is 0.0971 e. The lowest BCUT2D eigenvalue weighted by Crippen LogP contribution is -2.15. The first kappa shape index (κ1) is 14.2. The molecule has 1 heterocycles. The molecule has 2 heteroatoms. The first-order valence-corrected chi connectivity index (χ1v) is 7.45. The van der Waals surface area contributed by atoms with E-state index in [2.05, 4.69) is 55.4 Å². The van der Waals surface area contributed by atoms with Crippen LogP contribution in [0.2, 0.25) is 0 Å². The molecule has 0 unspecified atom stereocenters. The molecule has 1 aliphatic rings. The lowest BCUT2D eigenvalue weighted by molar-refractivity contribution is 0.525. The third kappa shape index (κ3) is 3.10.